The van der Waals surface area contributed by atoms with E-state index in [1.54, 1.807) is 13.1 Å². The third-order valence-electron chi connectivity index (χ3n) is 3.02. The zero-order valence-corrected chi connectivity index (χ0v) is 13.0. The monoisotopic (exact) mass is 338 g/mol. The molecule has 7 nitrogen and oxygen atoms in total. The fourth-order valence-electron chi connectivity index (χ4n) is 1.96. The number of carbonyl (C=O) groups excluding carboxylic acids is 1. The molecule has 1 aromatic heterocycles. The van der Waals surface area contributed by atoms with Gasteiger partial charge in [0.15, 0.2) is 0 Å². The summed E-state index contributed by atoms with van der Waals surface area (Å²) in [4.78, 5) is 19.8. The number of hydrogen-bond acceptors (Lipinski definition) is 5. The summed E-state index contributed by atoms with van der Waals surface area (Å²) in [5, 5.41) is 7.56. The molecular formula is C14H15FN4O3S. The van der Waals surface area contributed by atoms with Gasteiger partial charge < -0.3 is 5.32 Å². The lowest BCUT2D eigenvalue weighted by Gasteiger charge is -2.14. The molecule has 1 heterocycles. The Balaban J connectivity index is 2.14. The fraction of sp³-hybridized carbons (Fsp3) is 0.214. The third-order valence-corrected chi connectivity index (χ3v) is 3.93. The first kappa shape index (κ1) is 17.0. The van der Waals surface area contributed by atoms with Gasteiger partial charge in [0, 0.05) is 31.1 Å². The molecule has 0 aliphatic rings. The predicted molar refractivity (Wildman–Crippen MR) is 80.4 cm³/mol. The van der Waals surface area contributed by atoms with Crippen molar-refractivity contribution in [2.45, 2.75) is 24.3 Å². The van der Waals surface area contributed by atoms with E-state index in [2.05, 4.69) is 15.3 Å². The zero-order chi connectivity index (χ0) is 17.0. The first-order valence-electron chi connectivity index (χ1n) is 6.65. The molecule has 1 atom stereocenters. The van der Waals surface area contributed by atoms with Crippen molar-refractivity contribution in [3.8, 4) is 0 Å². The van der Waals surface area contributed by atoms with Crippen molar-refractivity contribution in [1.29, 1.82) is 0 Å². The minimum atomic E-state index is -4.02. The van der Waals surface area contributed by atoms with Crippen LogP contribution in [0.3, 0.4) is 0 Å². The predicted octanol–water partition coefficient (Wildman–Crippen LogP) is 0.624. The Morgan fingerprint density at radius 1 is 1.39 bits per heavy atom. The van der Waals surface area contributed by atoms with E-state index < -0.39 is 21.7 Å². The largest absolute Gasteiger partial charge is 0.349 e. The van der Waals surface area contributed by atoms with E-state index in [1.807, 2.05) is 0 Å². The van der Waals surface area contributed by atoms with Gasteiger partial charge in [-0.1, -0.05) is 0 Å². The Labute approximate surface area is 132 Å². The quantitative estimate of drug-likeness (QED) is 0.829. The number of amides is 1. The van der Waals surface area contributed by atoms with Crippen molar-refractivity contribution < 1.29 is 17.6 Å². The second-order valence-electron chi connectivity index (χ2n) is 4.96. The number of halogens is 1. The average Bonchev–Trinajstić information content (AvgIpc) is 2.47. The number of nitrogens with two attached hydrogens (primary N) is 1. The highest BCUT2D eigenvalue weighted by Gasteiger charge is 2.18. The molecule has 2 rings (SSSR count). The second-order valence-corrected chi connectivity index (χ2v) is 6.52. The molecule has 3 N–H and O–H groups in total. The van der Waals surface area contributed by atoms with E-state index in [-0.39, 0.29) is 16.5 Å². The highest BCUT2D eigenvalue weighted by molar-refractivity contribution is 7.89. The second kappa shape index (κ2) is 6.80. The Morgan fingerprint density at radius 3 is 2.74 bits per heavy atom. The van der Waals surface area contributed by atoms with E-state index in [9.17, 15) is 17.6 Å². The van der Waals surface area contributed by atoms with Crippen molar-refractivity contribution in [3.05, 3.63) is 53.9 Å². The fourth-order valence-corrected chi connectivity index (χ4v) is 2.50. The molecule has 0 aliphatic heterocycles. The average molecular weight is 338 g/mol. The molecule has 1 unspecified atom stereocenters. The van der Waals surface area contributed by atoms with Crippen LogP contribution < -0.4 is 10.5 Å². The molecule has 0 spiro atoms. The maximum absolute atomic E-state index is 13.8. The van der Waals surface area contributed by atoms with Gasteiger partial charge in [0.1, 0.15) is 5.82 Å². The van der Waals surface area contributed by atoms with E-state index in [1.165, 1.54) is 12.4 Å². The molecule has 2 aromatic rings. The minimum absolute atomic E-state index is 0.328. The number of nitrogens with one attached hydrogen (secondary N) is 1. The van der Waals surface area contributed by atoms with Gasteiger partial charge in [0.05, 0.1) is 16.2 Å². The lowest BCUT2D eigenvalue weighted by Crippen LogP contribution is -2.35. The summed E-state index contributed by atoms with van der Waals surface area (Å²) in [6, 6.07) is 2.46. The lowest BCUT2D eigenvalue weighted by atomic mass is 10.1. The molecule has 0 radical (unpaired) electrons. The topological polar surface area (TPSA) is 115 Å². The van der Waals surface area contributed by atoms with Crippen LogP contribution in [0.25, 0.3) is 0 Å². The number of sulfonamides is 1. The normalized spacial score (nSPS) is 12.7. The van der Waals surface area contributed by atoms with Crippen LogP contribution in [0.2, 0.25) is 0 Å². The molecular weight excluding hydrogens is 323 g/mol. The Morgan fingerprint density at radius 2 is 2.13 bits per heavy atom. The van der Waals surface area contributed by atoms with Crippen molar-refractivity contribution in [3.63, 3.8) is 0 Å². The van der Waals surface area contributed by atoms with E-state index >= 15 is 0 Å². The number of nitrogens with zero attached hydrogens (tertiary/aromatic N) is 2. The summed E-state index contributed by atoms with van der Waals surface area (Å²) in [5.74, 6) is -1.56. The number of benzene rings is 1. The number of hydrogen-bond donors (Lipinski definition) is 2. The summed E-state index contributed by atoms with van der Waals surface area (Å²) in [6.45, 7) is 1.72. The molecule has 0 saturated carbocycles. The van der Waals surface area contributed by atoms with Crippen LogP contribution in [-0.4, -0.2) is 30.3 Å². The Kier molecular flexibility index (Phi) is 5.02. The third kappa shape index (κ3) is 4.54. The van der Waals surface area contributed by atoms with Crippen molar-refractivity contribution in [2.75, 3.05) is 0 Å². The Hall–Kier alpha value is -2.39. The summed E-state index contributed by atoms with van der Waals surface area (Å²) < 4.78 is 36.3. The van der Waals surface area contributed by atoms with Crippen molar-refractivity contribution in [2.24, 2.45) is 5.14 Å². The van der Waals surface area contributed by atoms with Gasteiger partial charge in [-0.3, -0.25) is 14.8 Å². The maximum Gasteiger partial charge on any atom is 0.254 e. The van der Waals surface area contributed by atoms with Crippen LogP contribution in [0.4, 0.5) is 4.39 Å². The number of aromatic nitrogens is 2. The summed E-state index contributed by atoms with van der Waals surface area (Å²) in [5.41, 5.74) is 0.279. The van der Waals surface area contributed by atoms with Crippen LogP contribution in [0.5, 0.6) is 0 Å². The molecule has 9 heteroatoms. The molecule has 0 fully saturated rings. The SMILES string of the molecule is CC(Cc1cnccn1)NC(=O)c1cc(S(N)(=O)=O)ccc1F. The summed E-state index contributed by atoms with van der Waals surface area (Å²) >= 11 is 0. The van der Waals surface area contributed by atoms with Crippen molar-refractivity contribution >= 4 is 15.9 Å². The van der Waals surface area contributed by atoms with Crippen LogP contribution in [0, 0.1) is 5.82 Å². The number of primary sulfonamides is 1. The molecule has 1 aromatic carbocycles. The standard InChI is InChI=1S/C14H15FN4O3S/c1-9(6-10-8-17-4-5-18-10)19-14(20)12-7-11(23(16,21)22)2-3-13(12)15/h2-5,7-9H,6H2,1H3,(H,19,20)(H2,16,21,22). The highest BCUT2D eigenvalue weighted by atomic mass is 32.2. The molecule has 1 amide bonds. The van der Waals surface area contributed by atoms with Gasteiger partial charge in [-0.05, 0) is 25.1 Å². The Bertz CT molecular complexity index is 812. The lowest BCUT2D eigenvalue weighted by molar-refractivity contribution is 0.0935. The summed E-state index contributed by atoms with van der Waals surface area (Å²) in [6.07, 6.45) is 5.01. The van der Waals surface area contributed by atoms with Crippen LogP contribution >= 0.6 is 0 Å². The first-order chi connectivity index (χ1) is 10.8. The summed E-state index contributed by atoms with van der Waals surface area (Å²) in [7, 11) is -4.02. The first-order valence-corrected chi connectivity index (χ1v) is 8.20. The highest BCUT2D eigenvalue weighted by Crippen LogP contribution is 2.14. The van der Waals surface area contributed by atoms with Gasteiger partial charge in [-0.15, -0.1) is 0 Å². The minimum Gasteiger partial charge on any atom is -0.349 e. The van der Waals surface area contributed by atoms with Crippen LogP contribution in [0.1, 0.15) is 23.0 Å². The van der Waals surface area contributed by atoms with Crippen LogP contribution in [0.15, 0.2) is 41.7 Å². The van der Waals surface area contributed by atoms with Gasteiger partial charge >= 0.3 is 0 Å². The van der Waals surface area contributed by atoms with Gasteiger partial charge in [0.2, 0.25) is 10.0 Å². The van der Waals surface area contributed by atoms with E-state index in [0.717, 1.165) is 18.2 Å². The number of carbonyl (C=O) groups is 1. The van der Waals surface area contributed by atoms with Gasteiger partial charge in [0.25, 0.3) is 5.91 Å². The molecule has 0 saturated heterocycles. The van der Waals surface area contributed by atoms with Gasteiger partial charge in [-0.25, -0.2) is 17.9 Å². The van der Waals surface area contributed by atoms with Crippen molar-refractivity contribution in [1.82, 2.24) is 15.3 Å². The van der Waals surface area contributed by atoms with E-state index in [0.29, 0.717) is 12.1 Å². The van der Waals surface area contributed by atoms with Crippen LogP contribution in [-0.2, 0) is 16.4 Å². The number of rotatable bonds is 5. The molecule has 0 bridgehead atoms. The zero-order valence-electron chi connectivity index (χ0n) is 12.2. The smallest absolute Gasteiger partial charge is 0.254 e. The maximum atomic E-state index is 13.8. The molecule has 23 heavy (non-hydrogen) atoms. The molecule has 0 aliphatic carbocycles. The van der Waals surface area contributed by atoms with Gasteiger partial charge in [-0.2, -0.15) is 0 Å². The van der Waals surface area contributed by atoms with E-state index in [4.69, 9.17) is 5.14 Å². The molecule has 122 valence electrons.